The van der Waals surface area contributed by atoms with Crippen LogP contribution in [0.1, 0.15) is 136 Å². The van der Waals surface area contributed by atoms with Gasteiger partial charge in [0.25, 0.3) is 0 Å². The molecular formula is C65H92B4N4O16. The van der Waals surface area contributed by atoms with E-state index in [0.29, 0.717) is 22.7 Å². The molecule has 0 unspecified atom stereocenters. The zero-order chi connectivity index (χ0) is 64.9. The van der Waals surface area contributed by atoms with Gasteiger partial charge in [-0.05, 0) is 181 Å². The SMILES string of the molecule is CC1(C)OB(c2ccc(NC(=O)CCOCC(COCCC(=O)Nc3ccc(B4OC(C)(C)C(C)(C)O4)cc3)(COCCC(=O)Nc3ccc(B4OC(C)(C)C(C)(C)O4)cc3)COCCC(=O)Nc3ccc(B4OC(C)(C)C(C)(C)O4)cc3)cc2)OC1(C)C. The van der Waals surface area contributed by atoms with Gasteiger partial charge in [-0.2, -0.15) is 0 Å². The number of ether oxygens (including phenoxy) is 4. The number of carbonyl (C=O) groups is 4. The van der Waals surface area contributed by atoms with Gasteiger partial charge in [0.2, 0.25) is 23.6 Å². The lowest BCUT2D eigenvalue weighted by atomic mass is 9.79. The van der Waals surface area contributed by atoms with Crippen molar-refractivity contribution in [1.29, 1.82) is 0 Å². The van der Waals surface area contributed by atoms with Gasteiger partial charge >= 0.3 is 28.5 Å². The molecule has 4 N–H and O–H groups in total. The van der Waals surface area contributed by atoms with Crippen molar-refractivity contribution in [3.05, 3.63) is 97.1 Å². The summed E-state index contributed by atoms with van der Waals surface area (Å²) in [4.78, 5) is 53.5. The number of anilines is 4. The molecule has 4 amide bonds. The Hall–Kier alpha value is -5.46. The van der Waals surface area contributed by atoms with Crippen LogP contribution in [0.4, 0.5) is 22.7 Å². The Labute approximate surface area is 527 Å². The summed E-state index contributed by atoms with van der Waals surface area (Å²) in [5.41, 5.74) is 0.624. The van der Waals surface area contributed by atoms with E-state index in [1.807, 2.05) is 159 Å². The first-order chi connectivity index (χ1) is 41.6. The molecule has 8 rings (SSSR count). The molecule has 20 nitrogen and oxygen atoms in total. The molecule has 4 aromatic rings. The minimum absolute atomic E-state index is 0.00507. The van der Waals surface area contributed by atoms with Gasteiger partial charge in [-0.3, -0.25) is 19.2 Å². The normalized spacial score (nSPS) is 20.0. The standard InChI is InChI=1S/C65H92B4N4O16/c1-57(2)58(3,4)83-66(82-57)45-17-25-49(26-18-45)70-53(74)33-37-78-41-65(42-79-38-34-54(75)71-50-27-19-46(20-28-50)67-84-59(5,6)60(7,8)85-67,43-80-39-35-55(76)72-51-29-21-47(22-30-51)68-86-61(9,10)62(11,12)87-68)44-81-40-36-56(77)73-52-31-23-48(24-32-52)69-88-63(13,14)64(15,16)89-69/h17-32H,33-44H2,1-16H3,(H,70,74)(H,71,75)(H,72,76)(H,73,77). The summed E-state index contributed by atoms with van der Waals surface area (Å²) in [6.07, 6.45) is 0.0203. The number of rotatable bonds is 28. The van der Waals surface area contributed by atoms with Gasteiger partial charge in [-0.25, -0.2) is 0 Å². The molecule has 4 saturated heterocycles. The first-order valence-electron chi connectivity index (χ1n) is 30.9. The number of carbonyl (C=O) groups excluding carboxylic acids is 4. The second-order valence-electron chi connectivity index (χ2n) is 27.7. The average molecular weight is 1230 g/mol. The number of hydrogen-bond acceptors (Lipinski definition) is 16. The summed E-state index contributed by atoms with van der Waals surface area (Å²) in [5.74, 6) is -1.11. The largest absolute Gasteiger partial charge is 0.494 e. The quantitative estimate of drug-likeness (QED) is 0.0322. The topological polar surface area (TPSA) is 227 Å². The molecule has 0 spiro atoms. The van der Waals surface area contributed by atoms with Crippen LogP contribution < -0.4 is 43.1 Å². The maximum absolute atomic E-state index is 13.4. The first-order valence-corrected chi connectivity index (χ1v) is 30.9. The van der Waals surface area contributed by atoms with Crippen LogP contribution >= 0.6 is 0 Å². The molecular weight excluding hydrogens is 1140 g/mol. The van der Waals surface area contributed by atoms with E-state index in [9.17, 15) is 19.2 Å². The predicted molar refractivity (Wildman–Crippen MR) is 347 cm³/mol. The molecule has 0 radical (unpaired) electrons. The zero-order valence-corrected chi connectivity index (χ0v) is 55.1. The monoisotopic (exact) mass is 1230 g/mol. The first kappa shape index (κ1) is 69.4. The maximum atomic E-state index is 13.4. The molecule has 0 atom stereocenters. The number of nitrogens with one attached hydrogen (secondary N) is 4. The van der Waals surface area contributed by atoms with Crippen LogP contribution in [-0.2, 0) is 75.4 Å². The van der Waals surface area contributed by atoms with E-state index < -0.39 is 78.7 Å². The van der Waals surface area contributed by atoms with Crippen molar-refractivity contribution in [3.8, 4) is 0 Å². The smallest absolute Gasteiger partial charge is 0.399 e. The van der Waals surface area contributed by atoms with Crippen LogP contribution in [0.25, 0.3) is 0 Å². The van der Waals surface area contributed by atoms with Crippen LogP contribution in [0.5, 0.6) is 0 Å². The van der Waals surface area contributed by atoms with Crippen molar-refractivity contribution in [1.82, 2.24) is 0 Å². The van der Waals surface area contributed by atoms with Crippen molar-refractivity contribution in [2.24, 2.45) is 5.41 Å². The molecule has 4 aliphatic heterocycles. The third kappa shape index (κ3) is 17.6. The lowest BCUT2D eigenvalue weighted by molar-refractivity contribution is -0.125. The highest BCUT2D eigenvalue weighted by atomic mass is 16.7. The Balaban J connectivity index is 0.903. The number of hydrogen-bond donors (Lipinski definition) is 4. The molecule has 4 fully saturated rings. The zero-order valence-electron chi connectivity index (χ0n) is 55.1. The van der Waals surface area contributed by atoms with Crippen molar-refractivity contribution < 1.29 is 75.4 Å². The van der Waals surface area contributed by atoms with Crippen LogP contribution in [0.3, 0.4) is 0 Å². The van der Waals surface area contributed by atoms with Crippen molar-refractivity contribution in [2.75, 3.05) is 74.1 Å². The summed E-state index contributed by atoms with van der Waals surface area (Å²) in [5, 5.41) is 11.8. The Morgan fingerprint density at radius 2 is 0.461 bits per heavy atom. The molecule has 0 saturated carbocycles. The van der Waals surface area contributed by atoms with Crippen molar-refractivity contribution in [2.45, 2.75) is 181 Å². The Morgan fingerprint density at radius 3 is 0.618 bits per heavy atom. The predicted octanol–water partition coefficient (Wildman–Crippen LogP) is 7.35. The van der Waals surface area contributed by atoms with Gasteiger partial charge in [0.1, 0.15) is 0 Å². The van der Waals surface area contributed by atoms with Crippen LogP contribution in [0.2, 0.25) is 0 Å². The summed E-state index contributed by atoms with van der Waals surface area (Å²) < 4.78 is 74.8. The van der Waals surface area contributed by atoms with Gasteiger partial charge < -0.3 is 77.4 Å². The Kier molecular flexibility index (Phi) is 21.7. The fourth-order valence-corrected chi connectivity index (χ4v) is 9.77. The molecule has 4 aromatic carbocycles. The summed E-state index contributed by atoms with van der Waals surface area (Å²) in [6.45, 7) is 31.9. The van der Waals surface area contributed by atoms with E-state index in [1.165, 1.54) is 0 Å². The van der Waals surface area contributed by atoms with Crippen LogP contribution in [-0.4, -0.2) is 150 Å². The van der Waals surface area contributed by atoms with Gasteiger partial charge in [-0.1, -0.05) is 48.5 Å². The van der Waals surface area contributed by atoms with Gasteiger partial charge in [0.05, 0.1) is 129 Å². The fourth-order valence-electron chi connectivity index (χ4n) is 9.77. The number of benzene rings is 4. The minimum atomic E-state index is -1.06. The highest BCUT2D eigenvalue weighted by molar-refractivity contribution is 6.63. The molecule has 4 heterocycles. The van der Waals surface area contributed by atoms with E-state index in [2.05, 4.69) is 21.3 Å². The Bertz CT molecular complexity index is 2590. The fraction of sp³-hybridized carbons (Fsp3) is 0.569. The highest BCUT2D eigenvalue weighted by Crippen LogP contribution is 2.40. The molecule has 89 heavy (non-hydrogen) atoms. The maximum Gasteiger partial charge on any atom is 0.494 e. The minimum Gasteiger partial charge on any atom is -0.399 e. The Morgan fingerprint density at radius 1 is 0.303 bits per heavy atom. The second-order valence-corrected chi connectivity index (χ2v) is 27.7. The molecule has 0 aliphatic carbocycles. The average Bonchev–Trinajstić information content (AvgIpc) is 1.68. The molecule has 0 aromatic heterocycles. The summed E-state index contributed by atoms with van der Waals surface area (Å²) in [6, 6.07) is 29.3. The van der Waals surface area contributed by atoms with Gasteiger partial charge in [-0.15, -0.1) is 0 Å². The van der Waals surface area contributed by atoms with Crippen LogP contribution in [0.15, 0.2) is 97.1 Å². The molecule has 4 aliphatic rings. The van der Waals surface area contributed by atoms with Crippen molar-refractivity contribution >= 4 is 96.7 Å². The summed E-state index contributed by atoms with van der Waals surface area (Å²) >= 11 is 0. The van der Waals surface area contributed by atoms with Gasteiger partial charge in [0, 0.05) is 22.7 Å². The van der Waals surface area contributed by atoms with E-state index >= 15 is 0 Å². The highest BCUT2D eigenvalue weighted by Gasteiger charge is 2.55. The van der Waals surface area contributed by atoms with E-state index in [-0.39, 0.29) is 102 Å². The van der Waals surface area contributed by atoms with E-state index in [1.54, 1.807) is 48.5 Å². The third-order valence-electron chi connectivity index (χ3n) is 18.4. The molecule has 0 bridgehead atoms. The second kappa shape index (κ2) is 27.8. The van der Waals surface area contributed by atoms with E-state index in [0.717, 1.165) is 21.9 Å². The lowest BCUT2D eigenvalue weighted by Gasteiger charge is -2.33. The van der Waals surface area contributed by atoms with Crippen LogP contribution in [0, 0.1) is 5.41 Å². The van der Waals surface area contributed by atoms with Crippen molar-refractivity contribution in [3.63, 3.8) is 0 Å². The lowest BCUT2D eigenvalue weighted by Crippen LogP contribution is -2.42. The molecule has 24 heteroatoms. The van der Waals surface area contributed by atoms with E-state index in [4.69, 9.17) is 56.2 Å². The number of amides is 4. The summed E-state index contributed by atoms with van der Waals surface area (Å²) in [7, 11) is -2.18. The molecule has 480 valence electrons. The third-order valence-corrected chi connectivity index (χ3v) is 18.4. The van der Waals surface area contributed by atoms with Gasteiger partial charge in [0.15, 0.2) is 0 Å².